The Balaban J connectivity index is 2.19. The highest BCUT2D eigenvalue weighted by molar-refractivity contribution is 6.38. The zero-order chi connectivity index (χ0) is 12.9. The van der Waals surface area contributed by atoms with Crippen LogP contribution in [0.1, 0.15) is 10.4 Å². The maximum atomic E-state index is 13.6. The van der Waals surface area contributed by atoms with Gasteiger partial charge in [-0.15, -0.1) is 0 Å². The monoisotopic (exact) mass is 289 g/mol. The molecule has 0 saturated carbocycles. The van der Waals surface area contributed by atoms with Crippen LogP contribution in [0.25, 0.3) is 0 Å². The number of rotatable bonds is 0. The molecule has 0 unspecified atom stereocenters. The van der Waals surface area contributed by atoms with Crippen molar-refractivity contribution < 1.29 is 9.18 Å². The van der Waals surface area contributed by atoms with Crippen LogP contribution in [0, 0.1) is 5.82 Å². The van der Waals surface area contributed by atoms with Gasteiger partial charge in [-0.2, -0.15) is 0 Å². The number of anilines is 1. The first-order chi connectivity index (χ1) is 8.59. The molecule has 4 nitrogen and oxygen atoms in total. The molecule has 1 amide bonds. The fourth-order valence-electron chi connectivity index (χ4n) is 2.37. The average molecular weight is 290 g/mol. The van der Waals surface area contributed by atoms with Crippen LogP contribution in [0.5, 0.6) is 0 Å². The highest BCUT2D eigenvalue weighted by atomic mass is 35.5. The van der Waals surface area contributed by atoms with E-state index in [1.807, 2.05) is 4.90 Å². The summed E-state index contributed by atoms with van der Waals surface area (Å²) in [7, 11) is 0. The summed E-state index contributed by atoms with van der Waals surface area (Å²) in [6.45, 7) is 2.13. The molecule has 1 fully saturated rings. The lowest BCUT2D eigenvalue weighted by molar-refractivity contribution is 0.0922. The third-order valence-corrected chi connectivity index (χ3v) is 3.85. The van der Waals surface area contributed by atoms with Crippen molar-refractivity contribution in [2.24, 2.45) is 0 Å². The Morgan fingerprint density at radius 1 is 1.44 bits per heavy atom. The van der Waals surface area contributed by atoms with Crippen molar-refractivity contribution in [1.29, 1.82) is 0 Å². The number of hydrogen-bond acceptors (Lipinski definition) is 3. The van der Waals surface area contributed by atoms with E-state index in [-0.39, 0.29) is 27.7 Å². The predicted octanol–water partition coefficient (Wildman–Crippen LogP) is 1.61. The Labute approximate surface area is 113 Å². The van der Waals surface area contributed by atoms with Crippen molar-refractivity contribution in [3.8, 4) is 0 Å². The number of carbonyl (C=O) groups excluding carboxylic acids is 1. The molecular weight excluding hydrogens is 280 g/mol. The summed E-state index contributed by atoms with van der Waals surface area (Å²) in [6.07, 6.45) is -0.142. The van der Waals surface area contributed by atoms with Crippen molar-refractivity contribution in [1.82, 2.24) is 10.6 Å². The fraction of sp³-hybridized carbons (Fsp3) is 0.364. The van der Waals surface area contributed by atoms with E-state index in [1.54, 1.807) is 0 Å². The summed E-state index contributed by atoms with van der Waals surface area (Å²) in [6, 6.07) is 1.47. The average Bonchev–Trinajstić information content (AvgIpc) is 2.35. The van der Waals surface area contributed by atoms with E-state index < -0.39 is 5.82 Å². The Kier molecular flexibility index (Phi) is 2.84. The van der Waals surface area contributed by atoms with Gasteiger partial charge >= 0.3 is 0 Å². The van der Waals surface area contributed by atoms with Crippen molar-refractivity contribution in [2.75, 3.05) is 24.5 Å². The van der Waals surface area contributed by atoms with Crippen molar-refractivity contribution in [2.45, 2.75) is 6.17 Å². The van der Waals surface area contributed by atoms with E-state index in [4.69, 9.17) is 23.2 Å². The maximum absolute atomic E-state index is 13.6. The smallest absolute Gasteiger partial charge is 0.256 e. The minimum absolute atomic E-state index is 0.0641. The van der Waals surface area contributed by atoms with E-state index in [0.717, 1.165) is 6.54 Å². The molecule has 0 radical (unpaired) electrons. The number of halogens is 3. The van der Waals surface area contributed by atoms with Gasteiger partial charge in [0.15, 0.2) is 5.82 Å². The van der Waals surface area contributed by atoms with Gasteiger partial charge in [-0.3, -0.25) is 4.79 Å². The SMILES string of the molecule is O=C1N[C@@H]2CNCCN2c2cc(Cl)c(F)c(Cl)c21. The van der Waals surface area contributed by atoms with Gasteiger partial charge in [0, 0.05) is 19.6 Å². The number of amides is 1. The van der Waals surface area contributed by atoms with E-state index in [9.17, 15) is 9.18 Å². The molecule has 2 N–H and O–H groups in total. The van der Waals surface area contributed by atoms with Crippen LogP contribution in [0.3, 0.4) is 0 Å². The second-order valence-electron chi connectivity index (χ2n) is 4.27. The number of nitrogens with one attached hydrogen (secondary N) is 2. The molecule has 96 valence electrons. The van der Waals surface area contributed by atoms with Crippen LogP contribution in [0.4, 0.5) is 10.1 Å². The van der Waals surface area contributed by atoms with Crippen molar-refractivity contribution >= 4 is 34.8 Å². The van der Waals surface area contributed by atoms with Crippen LogP contribution in [-0.2, 0) is 0 Å². The maximum Gasteiger partial charge on any atom is 0.256 e. The van der Waals surface area contributed by atoms with Gasteiger partial charge in [0.25, 0.3) is 5.91 Å². The van der Waals surface area contributed by atoms with Crippen LogP contribution in [-0.4, -0.2) is 31.7 Å². The second-order valence-corrected chi connectivity index (χ2v) is 5.05. The summed E-state index contributed by atoms with van der Waals surface area (Å²) in [5.74, 6) is -1.11. The Morgan fingerprint density at radius 2 is 2.22 bits per heavy atom. The standard InChI is InChI=1S/C11H10Cl2FN3O/c12-5-3-6-8(9(13)10(5)14)11(18)16-7-4-15-1-2-17(6)7/h3,7,15H,1-2,4H2,(H,16,18)/t7-/m0/s1. The topological polar surface area (TPSA) is 44.4 Å². The fourth-order valence-corrected chi connectivity index (χ4v) is 2.90. The summed E-state index contributed by atoms with van der Waals surface area (Å²) in [5.41, 5.74) is 0.762. The molecule has 7 heteroatoms. The van der Waals surface area contributed by atoms with Gasteiger partial charge < -0.3 is 15.5 Å². The van der Waals surface area contributed by atoms with Gasteiger partial charge in [0.05, 0.1) is 21.3 Å². The zero-order valence-electron chi connectivity index (χ0n) is 9.27. The molecular formula is C11H10Cl2FN3O. The second kappa shape index (κ2) is 4.26. The molecule has 2 aliphatic rings. The van der Waals surface area contributed by atoms with Crippen molar-refractivity contribution in [3.05, 3.63) is 27.5 Å². The molecule has 0 bridgehead atoms. The van der Waals surface area contributed by atoms with Gasteiger partial charge in [-0.25, -0.2) is 4.39 Å². The Hall–Kier alpha value is -1.04. The van der Waals surface area contributed by atoms with Crippen LogP contribution in [0.15, 0.2) is 6.07 Å². The molecule has 0 spiro atoms. The van der Waals surface area contributed by atoms with Crippen molar-refractivity contribution in [3.63, 3.8) is 0 Å². The molecule has 1 atom stereocenters. The van der Waals surface area contributed by atoms with Gasteiger partial charge in [-0.05, 0) is 6.07 Å². The van der Waals surface area contributed by atoms with E-state index in [1.165, 1.54) is 6.07 Å². The lowest BCUT2D eigenvalue weighted by Crippen LogP contribution is -2.62. The largest absolute Gasteiger partial charge is 0.348 e. The quantitative estimate of drug-likeness (QED) is 0.714. The molecule has 2 aliphatic heterocycles. The summed E-state index contributed by atoms with van der Waals surface area (Å²) in [4.78, 5) is 13.9. The van der Waals surface area contributed by atoms with Gasteiger partial charge in [-0.1, -0.05) is 23.2 Å². The molecule has 3 rings (SSSR count). The predicted molar refractivity (Wildman–Crippen MR) is 67.9 cm³/mol. The van der Waals surface area contributed by atoms with Crippen LogP contribution >= 0.6 is 23.2 Å². The first kappa shape index (κ1) is 12.0. The van der Waals surface area contributed by atoms with Gasteiger partial charge in [0.2, 0.25) is 0 Å². The first-order valence-corrected chi connectivity index (χ1v) is 6.31. The summed E-state index contributed by atoms with van der Waals surface area (Å²) < 4.78 is 13.6. The minimum atomic E-state index is -0.749. The number of nitrogens with zero attached hydrogens (tertiary/aromatic N) is 1. The third kappa shape index (κ3) is 1.66. The molecule has 2 heterocycles. The number of piperazine rings is 1. The highest BCUT2D eigenvalue weighted by Gasteiger charge is 2.35. The van der Waals surface area contributed by atoms with E-state index >= 15 is 0 Å². The normalized spacial score (nSPS) is 22.3. The number of benzene rings is 1. The summed E-state index contributed by atoms with van der Waals surface area (Å²) >= 11 is 11.7. The van der Waals surface area contributed by atoms with Crippen LogP contribution in [0.2, 0.25) is 10.0 Å². The van der Waals surface area contributed by atoms with Gasteiger partial charge in [0.1, 0.15) is 6.17 Å². The van der Waals surface area contributed by atoms with Crippen LogP contribution < -0.4 is 15.5 Å². The zero-order valence-corrected chi connectivity index (χ0v) is 10.8. The number of fused-ring (bicyclic) bond motifs is 3. The Morgan fingerprint density at radius 3 is 3.00 bits per heavy atom. The van der Waals surface area contributed by atoms with E-state index in [2.05, 4.69) is 10.6 Å². The molecule has 1 saturated heterocycles. The lowest BCUT2D eigenvalue weighted by atomic mass is 10.1. The molecule has 1 aromatic carbocycles. The molecule has 1 aromatic rings. The first-order valence-electron chi connectivity index (χ1n) is 5.55. The minimum Gasteiger partial charge on any atom is -0.348 e. The highest BCUT2D eigenvalue weighted by Crippen LogP contribution is 2.37. The van der Waals surface area contributed by atoms with E-state index in [0.29, 0.717) is 18.8 Å². The third-order valence-electron chi connectivity index (χ3n) is 3.22. The summed E-state index contributed by atoms with van der Waals surface area (Å²) in [5, 5.41) is 5.69. The molecule has 0 aliphatic carbocycles. The number of carbonyl (C=O) groups is 1. The number of hydrogen-bond donors (Lipinski definition) is 2. The molecule has 18 heavy (non-hydrogen) atoms. The molecule has 0 aromatic heterocycles. The lowest BCUT2D eigenvalue weighted by Gasteiger charge is -2.42. The Bertz CT molecular complexity index is 538.